The third-order valence-electron chi connectivity index (χ3n) is 4.56. The van der Waals surface area contributed by atoms with E-state index in [2.05, 4.69) is 10.4 Å². The van der Waals surface area contributed by atoms with Gasteiger partial charge in [0.2, 0.25) is 0 Å². The minimum atomic E-state index is -1.08. The summed E-state index contributed by atoms with van der Waals surface area (Å²) in [5.74, 6) is -1.08. The van der Waals surface area contributed by atoms with Crippen LogP contribution in [-0.4, -0.2) is 49.5 Å². The number of amides is 2. The van der Waals surface area contributed by atoms with Crippen LogP contribution in [0.2, 0.25) is 0 Å². The van der Waals surface area contributed by atoms with E-state index in [4.69, 9.17) is 5.26 Å². The zero-order valence-electron chi connectivity index (χ0n) is 14.7. The summed E-state index contributed by atoms with van der Waals surface area (Å²) >= 11 is 0. The first kappa shape index (κ1) is 18.4. The predicted octanol–water partition coefficient (Wildman–Crippen LogP) is 1.42. The van der Waals surface area contributed by atoms with Crippen LogP contribution >= 0.6 is 0 Å². The summed E-state index contributed by atoms with van der Waals surface area (Å²) in [6, 6.07) is 7.40. The van der Waals surface area contributed by atoms with E-state index in [1.54, 1.807) is 28.9 Å². The fourth-order valence-corrected chi connectivity index (χ4v) is 3.16. The number of rotatable bonds is 4. The molecule has 0 saturated carbocycles. The fraction of sp³-hybridized carbons (Fsp3) is 0.333. The first-order valence-corrected chi connectivity index (χ1v) is 8.49. The van der Waals surface area contributed by atoms with Crippen molar-refractivity contribution in [3.05, 3.63) is 46.8 Å². The molecule has 2 amide bonds. The summed E-state index contributed by atoms with van der Waals surface area (Å²) in [5.41, 5.74) is 2.00. The number of aliphatic hydroxyl groups is 1. The highest BCUT2D eigenvalue weighted by atomic mass is 16.4. The Morgan fingerprint density at radius 1 is 1.37 bits per heavy atom. The summed E-state index contributed by atoms with van der Waals surface area (Å²) in [4.78, 5) is 25.8. The number of hydrogen-bond donors (Lipinski definition) is 3. The number of aromatic carboxylic acids is 1. The quantitative estimate of drug-likeness (QED) is 0.747. The molecule has 1 atom stereocenters. The summed E-state index contributed by atoms with van der Waals surface area (Å²) in [7, 11) is 0. The number of fused-ring (bicyclic) bond motifs is 1. The number of nitrogens with one attached hydrogen (secondary N) is 1. The molecule has 0 radical (unpaired) electrons. The van der Waals surface area contributed by atoms with Crippen molar-refractivity contribution >= 4 is 17.7 Å². The van der Waals surface area contributed by atoms with E-state index >= 15 is 0 Å². The number of benzene rings is 1. The van der Waals surface area contributed by atoms with Crippen LogP contribution in [0.3, 0.4) is 0 Å². The number of hydrogen-bond acceptors (Lipinski definition) is 5. The van der Waals surface area contributed by atoms with Crippen molar-refractivity contribution in [2.24, 2.45) is 0 Å². The molecule has 1 aliphatic rings. The maximum absolute atomic E-state index is 12.7. The number of nitrogens with zero attached hydrogens (tertiary/aromatic N) is 4. The number of carbonyl (C=O) groups excluding carboxylic acids is 1. The molecular weight excluding hydrogens is 350 g/mol. The van der Waals surface area contributed by atoms with Gasteiger partial charge in [0.25, 0.3) is 0 Å². The SMILES string of the molecule is CCc1nn2c(c1C(=O)O)CN(C(=O)Nc1ccc(C#N)cc1)C(CO)C2. The van der Waals surface area contributed by atoms with Gasteiger partial charge in [0.15, 0.2) is 0 Å². The smallest absolute Gasteiger partial charge is 0.339 e. The first-order valence-electron chi connectivity index (χ1n) is 8.49. The Kier molecular flexibility index (Phi) is 5.09. The second-order valence-corrected chi connectivity index (χ2v) is 6.19. The molecule has 0 bridgehead atoms. The number of carbonyl (C=O) groups is 2. The van der Waals surface area contributed by atoms with Gasteiger partial charge in [0.1, 0.15) is 5.56 Å². The predicted molar refractivity (Wildman–Crippen MR) is 95.2 cm³/mol. The van der Waals surface area contributed by atoms with Crippen molar-refractivity contribution in [3.63, 3.8) is 0 Å². The van der Waals surface area contributed by atoms with Crippen LogP contribution in [0.25, 0.3) is 0 Å². The van der Waals surface area contributed by atoms with Gasteiger partial charge in [-0.05, 0) is 30.7 Å². The molecule has 0 fully saturated rings. The van der Waals surface area contributed by atoms with E-state index in [-0.39, 0.29) is 25.3 Å². The Hall–Kier alpha value is -3.38. The van der Waals surface area contributed by atoms with Gasteiger partial charge in [-0.15, -0.1) is 0 Å². The molecule has 1 aromatic carbocycles. The molecule has 9 heteroatoms. The number of carboxylic acids is 1. The highest BCUT2D eigenvalue weighted by Gasteiger charge is 2.34. The van der Waals surface area contributed by atoms with Crippen LogP contribution in [0, 0.1) is 11.3 Å². The largest absolute Gasteiger partial charge is 0.478 e. The number of aromatic nitrogens is 2. The lowest BCUT2D eigenvalue weighted by atomic mass is 10.1. The number of urea groups is 1. The van der Waals surface area contributed by atoms with E-state index in [1.165, 1.54) is 4.90 Å². The van der Waals surface area contributed by atoms with Crippen molar-refractivity contribution in [3.8, 4) is 6.07 Å². The van der Waals surface area contributed by atoms with Crippen LogP contribution in [0.4, 0.5) is 10.5 Å². The van der Waals surface area contributed by atoms with Gasteiger partial charge >= 0.3 is 12.0 Å². The lowest BCUT2D eigenvalue weighted by Crippen LogP contribution is -2.50. The van der Waals surface area contributed by atoms with Crippen LogP contribution in [0.1, 0.15) is 34.2 Å². The van der Waals surface area contributed by atoms with E-state index in [1.807, 2.05) is 13.0 Å². The van der Waals surface area contributed by atoms with E-state index in [0.717, 1.165) is 0 Å². The van der Waals surface area contributed by atoms with Crippen molar-refractivity contribution in [2.45, 2.75) is 32.5 Å². The minimum Gasteiger partial charge on any atom is -0.478 e. The molecular formula is C18H19N5O4. The van der Waals surface area contributed by atoms with Gasteiger partial charge < -0.3 is 20.4 Å². The van der Waals surface area contributed by atoms with Crippen molar-refractivity contribution < 1.29 is 19.8 Å². The first-order chi connectivity index (χ1) is 13.0. The summed E-state index contributed by atoms with van der Waals surface area (Å²) in [6.45, 7) is 1.79. The van der Waals surface area contributed by atoms with E-state index in [0.29, 0.717) is 29.1 Å². The zero-order valence-corrected chi connectivity index (χ0v) is 14.7. The van der Waals surface area contributed by atoms with Gasteiger partial charge in [0, 0.05) is 5.69 Å². The van der Waals surface area contributed by atoms with Crippen LogP contribution < -0.4 is 5.32 Å². The second-order valence-electron chi connectivity index (χ2n) is 6.19. The molecule has 3 N–H and O–H groups in total. The van der Waals surface area contributed by atoms with Crippen LogP contribution in [0.5, 0.6) is 0 Å². The molecule has 9 nitrogen and oxygen atoms in total. The maximum Gasteiger partial charge on any atom is 0.339 e. The van der Waals surface area contributed by atoms with Gasteiger partial charge in [0.05, 0.1) is 48.8 Å². The molecule has 0 saturated heterocycles. The molecule has 3 rings (SSSR count). The summed E-state index contributed by atoms with van der Waals surface area (Å²) in [6.07, 6.45) is 0.461. The molecule has 2 heterocycles. The number of anilines is 1. The highest BCUT2D eigenvalue weighted by Crippen LogP contribution is 2.25. The lowest BCUT2D eigenvalue weighted by molar-refractivity contribution is 0.0687. The van der Waals surface area contributed by atoms with Gasteiger partial charge in [-0.3, -0.25) is 4.68 Å². The number of aliphatic hydroxyl groups excluding tert-OH is 1. The van der Waals surface area contributed by atoms with E-state index < -0.39 is 18.0 Å². The average molecular weight is 369 g/mol. The highest BCUT2D eigenvalue weighted by molar-refractivity contribution is 5.92. The molecule has 1 aliphatic heterocycles. The van der Waals surface area contributed by atoms with E-state index in [9.17, 15) is 19.8 Å². The molecule has 0 aliphatic carbocycles. The van der Waals surface area contributed by atoms with Gasteiger partial charge in [-0.2, -0.15) is 10.4 Å². The summed E-state index contributed by atoms with van der Waals surface area (Å²) in [5, 5.41) is 35.1. The Labute approximate surface area is 155 Å². The molecule has 2 aromatic rings. The molecule has 27 heavy (non-hydrogen) atoms. The van der Waals surface area contributed by atoms with Gasteiger partial charge in [-0.25, -0.2) is 9.59 Å². The third kappa shape index (κ3) is 3.47. The molecule has 1 aromatic heterocycles. The molecule has 1 unspecified atom stereocenters. The monoisotopic (exact) mass is 369 g/mol. The number of aryl methyl sites for hydroxylation is 1. The van der Waals surface area contributed by atoms with Crippen molar-refractivity contribution in [2.75, 3.05) is 11.9 Å². The third-order valence-corrected chi connectivity index (χ3v) is 4.56. The van der Waals surface area contributed by atoms with Crippen molar-refractivity contribution in [1.82, 2.24) is 14.7 Å². The zero-order chi connectivity index (χ0) is 19.6. The van der Waals surface area contributed by atoms with Gasteiger partial charge in [-0.1, -0.05) is 6.92 Å². The number of carboxylic acid groups (broad SMARTS) is 1. The molecule has 0 spiro atoms. The second kappa shape index (κ2) is 7.47. The topological polar surface area (TPSA) is 131 Å². The standard InChI is InChI=1S/C18H19N5O4/c1-2-14-16(17(25)26)15-9-22(13(10-24)8-23(15)21-14)18(27)20-12-5-3-11(7-19)4-6-12/h3-6,13,24H,2,8-10H2,1H3,(H,20,27)(H,25,26). The van der Waals surface area contributed by atoms with Crippen molar-refractivity contribution in [1.29, 1.82) is 5.26 Å². The lowest BCUT2D eigenvalue weighted by Gasteiger charge is -2.35. The van der Waals surface area contributed by atoms with Crippen LogP contribution in [0.15, 0.2) is 24.3 Å². The average Bonchev–Trinajstić information content (AvgIpc) is 3.05. The fourth-order valence-electron chi connectivity index (χ4n) is 3.16. The Morgan fingerprint density at radius 3 is 2.63 bits per heavy atom. The minimum absolute atomic E-state index is 0.0297. The van der Waals surface area contributed by atoms with Crippen LogP contribution in [-0.2, 0) is 19.5 Å². The summed E-state index contributed by atoms with van der Waals surface area (Å²) < 4.78 is 1.56. The normalized spacial score (nSPS) is 15.7. The maximum atomic E-state index is 12.7. The Bertz CT molecular complexity index is 913. The Morgan fingerprint density at radius 2 is 2.07 bits per heavy atom. The number of nitriles is 1. The Balaban J connectivity index is 1.87. The molecule has 140 valence electrons.